The van der Waals surface area contributed by atoms with Crippen molar-refractivity contribution in [2.24, 2.45) is 0 Å². The predicted octanol–water partition coefficient (Wildman–Crippen LogP) is 0.996. The van der Waals surface area contributed by atoms with Crippen LogP contribution < -0.4 is 0 Å². The SMILES string of the molecule is C[C@@H](O)[C@@H](O)CC[C@@H]1Cc2cccc(O)c2C(=O)O1. The number of ether oxygens (including phenoxy) is 1. The van der Waals surface area contributed by atoms with Gasteiger partial charge in [-0.1, -0.05) is 12.1 Å². The van der Waals surface area contributed by atoms with Gasteiger partial charge in [-0.3, -0.25) is 0 Å². The van der Waals surface area contributed by atoms with E-state index in [4.69, 9.17) is 4.74 Å². The van der Waals surface area contributed by atoms with Crippen molar-refractivity contribution in [1.82, 2.24) is 0 Å². The number of aliphatic hydroxyl groups excluding tert-OH is 2. The fraction of sp³-hybridized carbons (Fsp3) is 0.500. The van der Waals surface area contributed by atoms with Gasteiger partial charge in [0.05, 0.1) is 12.2 Å². The summed E-state index contributed by atoms with van der Waals surface area (Å²) < 4.78 is 5.23. The Balaban J connectivity index is 2.03. The number of benzene rings is 1. The van der Waals surface area contributed by atoms with E-state index in [2.05, 4.69) is 0 Å². The first kappa shape index (κ1) is 13.8. The first-order valence-electron chi connectivity index (χ1n) is 6.37. The molecule has 19 heavy (non-hydrogen) atoms. The third kappa shape index (κ3) is 3.05. The zero-order valence-corrected chi connectivity index (χ0v) is 10.7. The van der Waals surface area contributed by atoms with Crippen LogP contribution in [0.15, 0.2) is 18.2 Å². The van der Waals surface area contributed by atoms with Crippen molar-refractivity contribution in [1.29, 1.82) is 0 Å². The van der Waals surface area contributed by atoms with Gasteiger partial charge in [-0.15, -0.1) is 0 Å². The lowest BCUT2D eigenvalue weighted by molar-refractivity contribution is 0.00155. The molecular formula is C14H18O5. The monoisotopic (exact) mass is 266 g/mol. The summed E-state index contributed by atoms with van der Waals surface area (Å²) in [6.07, 6.45) is -0.575. The van der Waals surface area contributed by atoms with E-state index in [1.165, 1.54) is 13.0 Å². The molecule has 1 aromatic carbocycles. The molecule has 0 unspecified atom stereocenters. The third-order valence-electron chi connectivity index (χ3n) is 3.40. The summed E-state index contributed by atoms with van der Waals surface area (Å²) in [5, 5.41) is 28.4. The number of rotatable bonds is 4. The zero-order valence-electron chi connectivity index (χ0n) is 10.7. The molecule has 3 N–H and O–H groups in total. The minimum atomic E-state index is -0.815. The first-order chi connectivity index (χ1) is 8.99. The second kappa shape index (κ2) is 5.59. The predicted molar refractivity (Wildman–Crippen MR) is 67.9 cm³/mol. The summed E-state index contributed by atoms with van der Waals surface area (Å²) in [5.41, 5.74) is 0.989. The number of hydrogen-bond acceptors (Lipinski definition) is 5. The molecule has 5 heteroatoms. The lowest BCUT2D eigenvalue weighted by Gasteiger charge is -2.26. The number of carbonyl (C=O) groups excluding carboxylic acids is 1. The molecule has 104 valence electrons. The van der Waals surface area contributed by atoms with E-state index in [1.54, 1.807) is 12.1 Å². The highest BCUT2D eigenvalue weighted by atomic mass is 16.5. The molecule has 0 spiro atoms. The number of carbonyl (C=O) groups is 1. The normalized spacial score (nSPS) is 21.4. The van der Waals surface area contributed by atoms with Crippen LogP contribution in [-0.2, 0) is 11.2 Å². The van der Waals surface area contributed by atoms with Gasteiger partial charge in [-0.05, 0) is 31.4 Å². The van der Waals surface area contributed by atoms with Crippen molar-refractivity contribution in [2.45, 2.75) is 44.5 Å². The van der Waals surface area contributed by atoms with Crippen LogP contribution in [0.5, 0.6) is 5.75 Å². The van der Waals surface area contributed by atoms with Gasteiger partial charge in [0.1, 0.15) is 17.4 Å². The average molecular weight is 266 g/mol. The first-order valence-corrected chi connectivity index (χ1v) is 6.37. The molecule has 5 nitrogen and oxygen atoms in total. The molecule has 0 aliphatic carbocycles. The highest BCUT2D eigenvalue weighted by Gasteiger charge is 2.29. The van der Waals surface area contributed by atoms with Crippen molar-refractivity contribution in [3.63, 3.8) is 0 Å². The molecule has 2 rings (SSSR count). The van der Waals surface area contributed by atoms with Gasteiger partial charge in [0.2, 0.25) is 0 Å². The Labute approximate surface area is 111 Å². The molecule has 0 bridgehead atoms. The maximum Gasteiger partial charge on any atom is 0.342 e. The van der Waals surface area contributed by atoms with Gasteiger partial charge < -0.3 is 20.1 Å². The average Bonchev–Trinajstić information content (AvgIpc) is 2.35. The number of aromatic hydroxyl groups is 1. The van der Waals surface area contributed by atoms with E-state index in [9.17, 15) is 20.1 Å². The van der Waals surface area contributed by atoms with Gasteiger partial charge >= 0.3 is 5.97 Å². The minimum absolute atomic E-state index is 0.0648. The lowest BCUT2D eigenvalue weighted by atomic mass is 9.94. The maximum absolute atomic E-state index is 11.8. The van der Waals surface area contributed by atoms with Crippen LogP contribution in [0.1, 0.15) is 35.7 Å². The largest absolute Gasteiger partial charge is 0.507 e. The van der Waals surface area contributed by atoms with Crippen molar-refractivity contribution >= 4 is 5.97 Å². The van der Waals surface area contributed by atoms with E-state index < -0.39 is 18.2 Å². The van der Waals surface area contributed by atoms with Gasteiger partial charge in [-0.25, -0.2) is 4.79 Å². The molecule has 0 radical (unpaired) electrons. The van der Waals surface area contributed by atoms with Gasteiger partial charge in [0, 0.05) is 6.42 Å². The Hall–Kier alpha value is -1.59. The number of phenolic OH excluding ortho intramolecular Hbond substituents is 1. The fourth-order valence-electron chi connectivity index (χ4n) is 2.25. The van der Waals surface area contributed by atoms with Crippen LogP contribution in [0, 0.1) is 0 Å². The molecule has 1 heterocycles. The smallest absolute Gasteiger partial charge is 0.342 e. The van der Waals surface area contributed by atoms with Gasteiger partial charge in [-0.2, -0.15) is 0 Å². The van der Waals surface area contributed by atoms with Crippen molar-refractivity contribution in [3.8, 4) is 5.75 Å². The van der Waals surface area contributed by atoms with Crippen LogP contribution in [-0.4, -0.2) is 39.6 Å². The maximum atomic E-state index is 11.8. The number of hydrogen-bond donors (Lipinski definition) is 3. The Morgan fingerprint density at radius 3 is 2.84 bits per heavy atom. The van der Waals surface area contributed by atoms with Gasteiger partial charge in [0.25, 0.3) is 0 Å². The number of fused-ring (bicyclic) bond motifs is 1. The molecular weight excluding hydrogens is 248 g/mol. The summed E-state index contributed by atoms with van der Waals surface area (Å²) in [4.78, 5) is 11.8. The number of aliphatic hydroxyl groups is 2. The second-order valence-corrected chi connectivity index (χ2v) is 4.93. The lowest BCUT2D eigenvalue weighted by Crippen LogP contribution is -2.30. The van der Waals surface area contributed by atoms with E-state index in [0.717, 1.165) is 5.56 Å². The number of cyclic esters (lactones) is 1. The van der Waals surface area contributed by atoms with Crippen molar-refractivity contribution in [3.05, 3.63) is 29.3 Å². The molecule has 0 saturated heterocycles. The Morgan fingerprint density at radius 1 is 1.42 bits per heavy atom. The third-order valence-corrected chi connectivity index (χ3v) is 3.40. The number of esters is 1. The Morgan fingerprint density at radius 2 is 2.16 bits per heavy atom. The molecule has 0 saturated carbocycles. The van der Waals surface area contributed by atoms with E-state index in [0.29, 0.717) is 19.3 Å². The molecule has 1 aliphatic rings. The quantitative estimate of drug-likeness (QED) is 0.708. The van der Waals surface area contributed by atoms with Crippen LogP contribution in [0.25, 0.3) is 0 Å². The standard InChI is InChI=1S/C14H18O5/c1-8(15)11(16)6-5-10-7-9-3-2-4-12(17)13(9)14(18)19-10/h2-4,8,10-11,15-17H,5-7H2,1H3/t8-,10-,11+/m1/s1. The summed E-state index contributed by atoms with van der Waals surface area (Å²) in [7, 11) is 0. The summed E-state index contributed by atoms with van der Waals surface area (Å²) in [5.74, 6) is -0.596. The topological polar surface area (TPSA) is 87.0 Å². The van der Waals surface area contributed by atoms with E-state index in [-0.39, 0.29) is 17.4 Å². The van der Waals surface area contributed by atoms with Crippen LogP contribution in [0.2, 0.25) is 0 Å². The second-order valence-electron chi connectivity index (χ2n) is 4.93. The van der Waals surface area contributed by atoms with Crippen LogP contribution in [0.4, 0.5) is 0 Å². The van der Waals surface area contributed by atoms with E-state index in [1.807, 2.05) is 0 Å². The van der Waals surface area contributed by atoms with E-state index >= 15 is 0 Å². The van der Waals surface area contributed by atoms with Crippen LogP contribution >= 0.6 is 0 Å². The summed E-state index contributed by atoms with van der Waals surface area (Å²) in [6.45, 7) is 1.52. The van der Waals surface area contributed by atoms with Crippen molar-refractivity contribution in [2.75, 3.05) is 0 Å². The number of phenols is 1. The molecule has 3 atom stereocenters. The zero-order chi connectivity index (χ0) is 14.0. The molecule has 1 aromatic rings. The molecule has 0 fully saturated rings. The molecule has 0 aromatic heterocycles. The van der Waals surface area contributed by atoms with Crippen molar-refractivity contribution < 1.29 is 24.9 Å². The molecule has 0 amide bonds. The fourth-order valence-corrected chi connectivity index (χ4v) is 2.25. The summed E-state index contributed by atoms with van der Waals surface area (Å²) in [6, 6.07) is 4.93. The highest BCUT2D eigenvalue weighted by molar-refractivity contribution is 5.95. The molecule has 1 aliphatic heterocycles. The highest BCUT2D eigenvalue weighted by Crippen LogP contribution is 2.29. The van der Waals surface area contributed by atoms with Gasteiger partial charge in [0.15, 0.2) is 0 Å². The Kier molecular flexibility index (Phi) is 4.07. The summed E-state index contributed by atoms with van der Waals surface area (Å²) >= 11 is 0. The minimum Gasteiger partial charge on any atom is -0.507 e. The Bertz CT molecular complexity index is 469. The van der Waals surface area contributed by atoms with Crippen LogP contribution in [0.3, 0.4) is 0 Å².